The summed E-state index contributed by atoms with van der Waals surface area (Å²) in [4.78, 5) is 21.9. The molecule has 0 saturated carbocycles. The zero-order valence-corrected chi connectivity index (χ0v) is 8.11. The maximum atomic E-state index is 9.66. The van der Waals surface area contributed by atoms with Gasteiger partial charge in [0.05, 0.1) is 5.24 Å². The van der Waals surface area contributed by atoms with Gasteiger partial charge in [-0.15, -0.1) is 0 Å². The molecule has 4 nitrogen and oxygen atoms in total. The molecule has 1 radical (unpaired) electrons. The molecule has 2 N–H and O–H groups in total. The third-order valence-electron chi connectivity index (χ3n) is 0.235. The number of nitrogens with two attached hydrogens (primary N) is 1. The maximum absolute atomic E-state index is 9.66. The topological polar surface area (TPSA) is 72.5 Å². The van der Waals surface area contributed by atoms with Crippen molar-refractivity contribution >= 4 is 42.0 Å². The molecule has 0 spiro atoms. The fourth-order valence-electron chi connectivity index (χ4n) is 0.105. The third-order valence-corrected chi connectivity index (χ3v) is 0.340. The van der Waals surface area contributed by atoms with Gasteiger partial charge in [0.15, 0.2) is 0 Å². The molecule has 0 aliphatic heterocycles. The quantitative estimate of drug-likeness (QED) is 0.378. The van der Waals surface area contributed by atoms with Gasteiger partial charge >= 0.3 is 17.1 Å². The van der Waals surface area contributed by atoms with Crippen LogP contribution in [0, 0.1) is 0 Å². The van der Waals surface area contributed by atoms with Crippen molar-refractivity contribution in [2.45, 2.75) is 6.92 Å². The largest absolute Gasteiger partial charge is 2.00 e. The van der Waals surface area contributed by atoms with Crippen LogP contribution in [-0.2, 0) is 42.3 Å². The Hall–Kier alpha value is -0.231. The molecule has 0 fully saturated rings. The molecule has 0 heterocycles. The van der Waals surface area contributed by atoms with E-state index in [2.05, 4.69) is 36.0 Å². The Morgan fingerprint density at radius 2 is 1.73 bits per heavy atom. The van der Waals surface area contributed by atoms with Gasteiger partial charge in [-0.05, 0) is 6.92 Å². The molecule has 7 heteroatoms. The van der Waals surface area contributed by atoms with Crippen LogP contribution in [-0.4, -0.2) is 16.7 Å². The van der Waals surface area contributed by atoms with E-state index in [4.69, 9.17) is 4.79 Å². The summed E-state index contributed by atoms with van der Waals surface area (Å²) in [6.07, 6.45) is 1.37. The number of carbonyl (C=O) groups is 2. The third kappa shape index (κ3) is 76.9. The molecule has 0 atom stereocenters. The van der Waals surface area contributed by atoms with Crippen LogP contribution < -0.4 is 5.73 Å². The van der Waals surface area contributed by atoms with Gasteiger partial charge in [0.1, 0.15) is 5.24 Å². The normalized spacial score (nSPS) is 7.36. The zero-order chi connectivity index (χ0) is 8.57. The van der Waals surface area contributed by atoms with E-state index in [9.17, 15) is 4.79 Å². The molecule has 0 rings (SSSR count). The second-order valence-electron chi connectivity index (χ2n) is 0.972. The Bertz CT molecular complexity index is 147. The fourth-order valence-corrected chi connectivity index (χ4v) is 0.211. The van der Waals surface area contributed by atoms with E-state index in [-0.39, 0.29) is 17.1 Å². The first-order chi connectivity index (χ1) is 4.50. The predicted molar refractivity (Wildman–Crippen MR) is 43.9 cm³/mol. The zero-order valence-electron chi connectivity index (χ0n) is 5.54. The average Bonchev–Trinajstić information content (AvgIpc) is 1.62. The van der Waals surface area contributed by atoms with Crippen LogP contribution in [0.1, 0.15) is 6.92 Å². The number of hydrogen-bond acceptors (Lipinski definition) is 4. The van der Waals surface area contributed by atoms with Gasteiger partial charge < -0.3 is 35.8 Å². The van der Waals surface area contributed by atoms with Gasteiger partial charge in [0.2, 0.25) is 0 Å². The van der Waals surface area contributed by atoms with Crippen LogP contribution in [0.15, 0.2) is 4.99 Å². The number of carbonyl (C=O) groups excluding carboxylic acids is 2. The molecule has 0 aromatic rings. The maximum Gasteiger partial charge on any atom is 2.00 e. The van der Waals surface area contributed by atoms with Crippen molar-refractivity contribution in [2.75, 3.05) is 0 Å². The van der Waals surface area contributed by atoms with E-state index in [1.807, 2.05) is 0 Å². The summed E-state index contributed by atoms with van der Waals surface area (Å²) >= 11 is 7.80. The van der Waals surface area contributed by atoms with E-state index in [1.165, 1.54) is 6.21 Å². The van der Waals surface area contributed by atoms with E-state index in [1.54, 1.807) is 6.92 Å². The van der Waals surface area contributed by atoms with Gasteiger partial charge in [-0.25, -0.2) is 4.99 Å². The molecular formula is C4H6CuN2O2S2. The molecule has 11 heavy (non-hydrogen) atoms. The van der Waals surface area contributed by atoms with Crippen LogP contribution in [0.25, 0.3) is 0 Å². The summed E-state index contributed by atoms with van der Waals surface area (Å²) in [6.45, 7) is 1.64. The minimum Gasteiger partial charge on any atom is -0.719 e. The Morgan fingerprint density at radius 1 is 1.45 bits per heavy atom. The van der Waals surface area contributed by atoms with Crippen molar-refractivity contribution in [1.29, 1.82) is 0 Å². The number of amides is 2. The second-order valence-corrected chi connectivity index (χ2v) is 1.72. The number of nitrogens with zero attached hydrogens (tertiary/aromatic N) is 1. The minimum absolute atomic E-state index is 0. The summed E-state index contributed by atoms with van der Waals surface area (Å²) in [7, 11) is 0. The first-order valence-corrected chi connectivity index (χ1v) is 2.98. The van der Waals surface area contributed by atoms with Crippen molar-refractivity contribution in [3.63, 3.8) is 0 Å². The SMILES string of the molecule is CC=NC(=O)[S-].NC(=O)[S-].[Cu+2]. The second kappa shape index (κ2) is 12.4. The summed E-state index contributed by atoms with van der Waals surface area (Å²) in [5.41, 5.74) is 4.29. The monoisotopic (exact) mass is 241 g/mol. The number of primary amides is 1. The van der Waals surface area contributed by atoms with Crippen molar-refractivity contribution in [3.8, 4) is 0 Å². The number of rotatable bonds is 0. The molecule has 0 saturated heterocycles. The molecule has 67 valence electrons. The molecule has 2 amide bonds. The minimum atomic E-state index is -0.750. The van der Waals surface area contributed by atoms with Crippen molar-refractivity contribution in [1.82, 2.24) is 0 Å². The summed E-state index contributed by atoms with van der Waals surface area (Å²) in [5.74, 6) is 0. The molecule has 0 bridgehead atoms. The average molecular weight is 242 g/mol. The van der Waals surface area contributed by atoms with Gasteiger partial charge in [-0.3, -0.25) is 4.79 Å². The van der Waals surface area contributed by atoms with Crippen LogP contribution in [0.4, 0.5) is 9.59 Å². The summed E-state index contributed by atoms with van der Waals surface area (Å²) in [6, 6.07) is 0. The molecule has 0 aliphatic carbocycles. The smallest absolute Gasteiger partial charge is 0.719 e. The Balaban J connectivity index is -0.000000114. The molecule has 0 unspecified atom stereocenters. The molecular weight excluding hydrogens is 236 g/mol. The molecule has 0 aromatic heterocycles. The van der Waals surface area contributed by atoms with Crippen molar-refractivity contribution < 1.29 is 26.7 Å². The van der Waals surface area contributed by atoms with E-state index in [0.29, 0.717) is 0 Å². The summed E-state index contributed by atoms with van der Waals surface area (Å²) < 4.78 is 0. The predicted octanol–water partition coefficient (Wildman–Crippen LogP) is 0.354. The molecule has 0 aliphatic rings. The van der Waals surface area contributed by atoms with E-state index < -0.39 is 10.5 Å². The standard InChI is InChI=1S/C3H5NOS.CH3NOS.Cu/c1-2-4-3(5)6;2-1(3)4;/h2H,1H3,(H,5,6);(H3,2,3,4);/q;;+2/p-2. The first-order valence-electron chi connectivity index (χ1n) is 2.16. The van der Waals surface area contributed by atoms with Crippen LogP contribution in [0.2, 0.25) is 0 Å². The summed E-state index contributed by atoms with van der Waals surface area (Å²) in [5, 5.41) is -1.31. The molecule has 0 aromatic carbocycles. The van der Waals surface area contributed by atoms with Crippen molar-refractivity contribution in [2.24, 2.45) is 10.7 Å². The van der Waals surface area contributed by atoms with E-state index >= 15 is 0 Å². The Morgan fingerprint density at radius 3 is 1.73 bits per heavy atom. The Kier molecular flexibility index (Phi) is 19.3. The van der Waals surface area contributed by atoms with Crippen molar-refractivity contribution in [3.05, 3.63) is 0 Å². The van der Waals surface area contributed by atoms with Gasteiger partial charge in [0.25, 0.3) is 0 Å². The van der Waals surface area contributed by atoms with Gasteiger partial charge in [-0.2, -0.15) is 0 Å². The number of hydrogen-bond donors (Lipinski definition) is 1. The number of aliphatic imine (C=N–C) groups is 1. The fraction of sp³-hybridized carbons (Fsp3) is 0.250. The first kappa shape index (κ1) is 17.0. The van der Waals surface area contributed by atoms with Crippen LogP contribution in [0.5, 0.6) is 0 Å². The Labute approximate surface area is 86.3 Å². The van der Waals surface area contributed by atoms with Crippen LogP contribution >= 0.6 is 0 Å². The van der Waals surface area contributed by atoms with E-state index in [0.717, 1.165) is 0 Å². The van der Waals surface area contributed by atoms with Gasteiger partial charge in [0, 0.05) is 6.21 Å². The van der Waals surface area contributed by atoms with Gasteiger partial charge in [-0.1, -0.05) is 0 Å². The van der Waals surface area contributed by atoms with Crippen LogP contribution in [0.3, 0.4) is 0 Å².